The summed E-state index contributed by atoms with van der Waals surface area (Å²) in [6.45, 7) is 0. The van der Waals surface area contributed by atoms with Gasteiger partial charge >= 0.3 is 5.84 Å². The highest BCUT2D eigenvalue weighted by atomic mass is 32.2. The van der Waals surface area contributed by atoms with Gasteiger partial charge in [0.1, 0.15) is 18.4 Å². The third kappa shape index (κ3) is 0.975. The van der Waals surface area contributed by atoms with Gasteiger partial charge in [-0.3, -0.25) is 0 Å². The molecule has 0 N–H and O–H groups in total. The van der Waals surface area contributed by atoms with Crippen molar-refractivity contribution < 1.29 is 4.92 Å². The van der Waals surface area contributed by atoms with Gasteiger partial charge in [-0.05, 0) is 9.32 Å². The van der Waals surface area contributed by atoms with E-state index in [0.29, 0.717) is 5.75 Å². The third-order valence-electron chi connectivity index (χ3n) is 0.619. The van der Waals surface area contributed by atoms with Gasteiger partial charge in [0.2, 0.25) is 0 Å². The summed E-state index contributed by atoms with van der Waals surface area (Å²) in [6.07, 6.45) is 2.47. The molecular weight excluding hydrogens is 128 g/mol. The first-order chi connectivity index (χ1) is 3.80. The number of nitro groups is 1. The van der Waals surface area contributed by atoms with Gasteiger partial charge in [0.05, 0.1) is 5.75 Å². The van der Waals surface area contributed by atoms with Crippen molar-refractivity contribution in [3.05, 3.63) is 16.5 Å². The van der Waals surface area contributed by atoms with Crippen molar-refractivity contribution >= 4 is 17.8 Å². The maximum atomic E-state index is 9.80. The standard InChI is InChI=1S/C3H2N2O2S/c6-5(7)3-1-2-8-4-3/h2H2. The molecule has 0 unspecified atom stereocenters. The van der Waals surface area contributed by atoms with Crippen LogP contribution in [-0.4, -0.2) is 16.5 Å². The lowest BCUT2D eigenvalue weighted by atomic mass is 10.5. The average Bonchev–Trinajstić information content (AvgIpc) is 2.12. The van der Waals surface area contributed by atoms with Crippen LogP contribution in [-0.2, 0) is 0 Å². The molecule has 0 aromatic rings. The molecule has 4 nitrogen and oxygen atoms in total. The number of rotatable bonds is 0. The second-order valence-electron chi connectivity index (χ2n) is 1.12. The zero-order valence-electron chi connectivity index (χ0n) is 3.83. The van der Waals surface area contributed by atoms with Gasteiger partial charge in [-0.15, -0.1) is 0 Å². The van der Waals surface area contributed by atoms with Crippen molar-refractivity contribution in [1.82, 2.24) is 0 Å². The van der Waals surface area contributed by atoms with Gasteiger partial charge in [-0.1, -0.05) is 0 Å². The van der Waals surface area contributed by atoms with E-state index in [0.717, 1.165) is 11.9 Å². The van der Waals surface area contributed by atoms with E-state index < -0.39 is 4.92 Å². The minimum absolute atomic E-state index is 0.144. The summed E-state index contributed by atoms with van der Waals surface area (Å²) in [6, 6.07) is 0. The Morgan fingerprint density at radius 1 is 2.00 bits per heavy atom. The maximum absolute atomic E-state index is 9.80. The fourth-order valence-electron chi connectivity index (χ4n) is 0.320. The predicted molar refractivity (Wildman–Crippen MR) is 30.1 cm³/mol. The molecule has 0 bridgehead atoms. The molecule has 2 radical (unpaired) electrons. The van der Waals surface area contributed by atoms with E-state index >= 15 is 0 Å². The van der Waals surface area contributed by atoms with Crippen molar-refractivity contribution in [1.29, 1.82) is 0 Å². The maximum Gasteiger partial charge on any atom is 0.357 e. The molecule has 1 aliphatic heterocycles. The Bertz CT molecular complexity index is 144. The fraction of sp³-hybridized carbons (Fsp3) is 0.333. The molecule has 8 heavy (non-hydrogen) atoms. The van der Waals surface area contributed by atoms with Crippen LogP contribution in [0.4, 0.5) is 0 Å². The second-order valence-corrected chi connectivity index (χ2v) is 1.85. The highest BCUT2D eigenvalue weighted by molar-refractivity contribution is 7.98. The molecule has 5 heteroatoms. The molecule has 42 valence electrons. The summed E-state index contributed by atoms with van der Waals surface area (Å²) >= 11 is 1.15. The highest BCUT2D eigenvalue weighted by Gasteiger charge is 2.20. The molecule has 0 saturated carbocycles. The zero-order valence-corrected chi connectivity index (χ0v) is 4.64. The van der Waals surface area contributed by atoms with E-state index in [1.807, 2.05) is 0 Å². The molecule has 1 rings (SSSR count). The monoisotopic (exact) mass is 130 g/mol. The van der Waals surface area contributed by atoms with E-state index in [1.165, 1.54) is 0 Å². The molecule has 0 aromatic carbocycles. The van der Waals surface area contributed by atoms with Crippen LogP contribution < -0.4 is 0 Å². The molecule has 0 amide bonds. The van der Waals surface area contributed by atoms with Crippen LogP contribution in [0.1, 0.15) is 0 Å². The Hall–Kier alpha value is -0.580. The van der Waals surface area contributed by atoms with Crippen molar-refractivity contribution in [3.63, 3.8) is 0 Å². The smallest absolute Gasteiger partial charge is 0.357 e. The van der Waals surface area contributed by atoms with E-state index in [1.54, 1.807) is 0 Å². The van der Waals surface area contributed by atoms with Gasteiger partial charge in [0.25, 0.3) is 0 Å². The molecule has 0 spiro atoms. The predicted octanol–water partition coefficient (Wildman–Crippen LogP) is 0.405. The molecular formula is C3H2N2O2S. The lowest BCUT2D eigenvalue weighted by molar-refractivity contribution is -0.348. The van der Waals surface area contributed by atoms with Crippen LogP contribution in [0.2, 0.25) is 0 Å². The molecule has 0 aromatic heterocycles. The largest absolute Gasteiger partial charge is 0.358 e. The van der Waals surface area contributed by atoms with Crippen LogP contribution in [0.5, 0.6) is 0 Å². The zero-order chi connectivity index (χ0) is 5.98. The van der Waals surface area contributed by atoms with Gasteiger partial charge in [-0.2, -0.15) is 0 Å². The summed E-state index contributed by atoms with van der Waals surface area (Å²) in [7, 11) is 0. The van der Waals surface area contributed by atoms with Crippen molar-refractivity contribution in [2.75, 3.05) is 5.75 Å². The summed E-state index contributed by atoms with van der Waals surface area (Å²) in [5.74, 6) is 0.367. The number of amidine groups is 1. The Labute approximate surface area is 50.3 Å². The topological polar surface area (TPSA) is 55.5 Å². The lowest BCUT2D eigenvalue weighted by Crippen LogP contribution is -2.08. The van der Waals surface area contributed by atoms with Crippen LogP contribution in [0.15, 0.2) is 4.40 Å². The normalized spacial score (nSPS) is 18.2. The fourth-order valence-corrected chi connectivity index (χ4v) is 0.832. The van der Waals surface area contributed by atoms with E-state index in [4.69, 9.17) is 0 Å². The third-order valence-corrected chi connectivity index (χ3v) is 1.19. The second kappa shape index (κ2) is 2.13. The molecule has 0 aliphatic carbocycles. The van der Waals surface area contributed by atoms with E-state index in [2.05, 4.69) is 10.8 Å². The molecule has 0 saturated heterocycles. The summed E-state index contributed by atoms with van der Waals surface area (Å²) in [5, 5.41) is 9.80. The lowest BCUT2D eigenvalue weighted by Gasteiger charge is -1.84. The molecule has 0 fully saturated rings. The summed E-state index contributed by atoms with van der Waals surface area (Å²) in [4.78, 5) is 9.26. The van der Waals surface area contributed by atoms with Crippen LogP contribution >= 0.6 is 11.9 Å². The SMILES string of the molecule is O=[N+]([O-])C1=NSC[C]1. The summed E-state index contributed by atoms with van der Waals surface area (Å²) in [5.41, 5.74) is 0. The number of nitrogens with zero attached hydrogens (tertiary/aromatic N) is 2. The van der Waals surface area contributed by atoms with Crippen LogP contribution in [0, 0.1) is 16.5 Å². The number of hydrogen-bond acceptors (Lipinski definition) is 4. The van der Waals surface area contributed by atoms with Gasteiger partial charge < -0.3 is 10.1 Å². The first-order valence-electron chi connectivity index (χ1n) is 1.89. The number of hydrogen-bond donors (Lipinski definition) is 0. The van der Waals surface area contributed by atoms with Crippen LogP contribution in [0.25, 0.3) is 0 Å². The molecule has 1 aliphatic rings. The minimum Gasteiger partial charge on any atom is -0.358 e. The van der Waals surface area contributed by atoms with E-state index in [9.17, 15) is 10.1 Å². The van der Waals surface area contributed by atoms with Crippen LogP contribution in [0.3, 0.4) is 0 Å². The van der Waals surface area contributed by atoms with Gasteiger partial charge in [0, 0.05) is 0 Å². The van der Waals surface area contributed by atoms with Gasteiger partial charge in [0.15, 0.2) is 0 Å². The van der Waals surface area contributed by atoms with Crippen molar-refractivity contribution in [2.24, 2.45) is 4.40 Å². The Morgan fingerprint density at radius 3 is 3.00 bits per heavy atom. The minimum atomic E-state index is -0.542. The summed E-state index contributed by atoms with van der Waals surface area (Å²) < 4.78 is 3.46. The first kappa shape index (κ1) is 5.55. The Morgan fingerprint density at radius 2 is 2.75 bits per heavy atom. The Kier molecular flexibility index (Phi) is 1.48. The van der Waals surface area contributed by atoms with Gasteiger partial charge in [-0.25, -0.2) is 0 Å². The highest BCUT2D eigenvalue weighted by Crippen LogP contribution is 2.13. The molecule has 1 heterocycles. The van der Waals surface area contributed by atoms with E-state index in [-0.39, 0.29) is 5.84 Å². The first-order valence-corrected chi connectivity index (χ1v) is 2.83. The van der Waals surface area contributed by atoms with Crippen molar-refractivity contribution in [3.8, 4) is 0 Å². The van der Waals surface area contributed by atoms with Crippen molar-refractivity contribution in [2.45, 2.75) is 0 Å². The average molecular weight is 130 g/mol. The quantitative estimate of drug-likeness (QED) is 0.271. The Balaban J connectivity index is 2.57. The molecule has 0 atom stereocenters.